The summed E-state index contributed by atoms with van der Waals surface area (Å²) in [6, 6.07) is 13.8. The Labute approximate surface area is 247 Å². The van der Waals surface area contributed by atoms with Gasteiger partial charge in [0, 0.05) is 19.1 Å². The molecule has 220 valence electrons. The Balaban J connectivity index is 0.00000462. The van der Waals surface area contributed by atoms with E-state index >= 15 is 0 Å². The highest BCUT2D eigenvalue weighted by atomic mass is 79.9. The molecule has 12 heteroatoms. The van der Waals surface area contributed by atoms with E-state index in [0.717, 1.165) is 22.0 Å². The van der Waals surface area contributed by atoms with E-state index in [1.807, 2.05) is 53.2 Å². The van der Waals surface area contributed by atoms with Gasteiger partial charge in [0.05, 0.1) is 19.1 Å². The molecule has 41 heavy (non-hydrogen) atoms. The van der Waals surface area contributed by atoms with Gasteiger partial charge in [-0.1, -0.05) is 30.4 Å². The minimum atomic E-state index is -1.43. The highest BCUT2D eigenvalue weighted by Gasteiger charge is 2.46. The van der Waals surface area contributed by atoms with Gasteiger partial charge in [0.15, 0.2) is 24.2 Å². The van der Waals surface area contributed by atoms with Gasteiger partial charge in [0.1, 0.15) is 30.8 Å². The number of nitrogens with zero attached hydrogens (tertiary/aromatic N) is 1. The van der Waals surface area contributed by atoms with E-state index in [2.05, 4.69) is 5.32 Å². The highest BCUT2D eigenvalue weighted by molar-refractivity contribution is 5.88. The van der Waals surface area contributed by atoms with Gasteiger partial charge in [-0.3, -0.25) is 9.59 Å². The van der Waals surface area contributed by atoms with E-state index in [1.165, 1.54) is 14.0 Å². The maximum absolute atomic E-state index is 11.7. The van der Waals surface area contributed by atoms with Crippen molar-refractivity contribution in [2.24, 2.45) is 0 Å². The number of ether oxygens (including phenoxy) is 3. The third kappa shape index (κ3) is 7.60. The first-order valence-corrected chi connectivity index (χ1v) is 12.8. The molecule has 1 amide bonds. The van der Waals surface area contributed by atoms with Crippen LogP contribution in [0.3, 0.4) is 0 Å². The van der Waals surface area contributed by atoms with Crippen LogP contribution >= 0.6 is 0 Å². The van der Waals surface area contributed by atoms with Crippen LogP contribution in [0.4, 0.5) is 0 Å². The Bertz CT molecular complexity index is 1400. The van der Waals surface area contributed by atoms with Gasteiger partial charge in [-0.2, -0.15) is 4.57 Å². The molecule has 4 rings (SSSR count). The summed E-state index contributed by atoms with van der Waals surface area (Å²) in [7, 11) is 1.47. The number of nitrogens with one attached hydrogen (secondary N) is 1. The lowest BCUT2D eigenvalue weighted by Crippen LogP contribution is -3.00. The summed E-state index contributed by atoms with van der Waals surface area (Å²) in [4.78, 5) is 22.7. The summed E-state index contributed by atoms with van der Waals surface area (Å²) in [6.45, 7) is 1.07. The van der Waals surface area contributed by atoms with Crippen molar-refractivity contribution in [2.75, 3.05) is 13.7 Å². The van der Waals surface area contributed by atoms with Gasteiger partial charge in [0.25, 0.3) is 0 Å². The van der Waals surface area contributed by atoms with Crippen LogP contribution in [-0.4, -0.2) is 76.7 Å². The average molecular weight is 633 g/mol. The number of amides is 1. The first-order chi connectivity index (χ1) is 19.2. The minimum absolute atomic E-state index is 0. The lowest BCUT2D eigenvalue weighted by atomic mass is 9.97. The van der Waals surface area contributed by atoms with Crippen LogP contribution in [0.1, 0.15) is 24.5 Å². The van der Waals surface area contributed by atoms with E-state index in [9.17, 15) is 24.9 Å². The summed E-state index contributed by atoms with van der Waals surface area (Å²) in [5.74, 6) is -0.684. The predicted molar refractivity (Wildman–Crippen MR) is 144 cm³/mol. The molecule has 0 radical (unpaired) electrons. The van der Waals surface area contributed by atoms with Gasteiger partial charge in [-0.05, 0) is 29.3 Å². The van der Waals surface area contributed by atoms with Gasteiger partial charge < -0.3 is 56.9 Å². The standard InChI is InChI=1S/C29H32N2O9.BrH/c1-17(33)30-26-28(37)27(36)24(16-32)40-29(26)39-22-10-8-18(15-23(22)38-2)7-9-19-11-13-31(14-12-25(34)35)21-6-4-3-5-20(19)21;/h3-11,13,15,24,26-29,32,36-37H,12,14,16H2,1-2H3,(H-,30,33,34,35);1H/b9-7+;/t24-,26-,27-,28-,29-;/m1./s1. The quantitative estimate of drug-likeness (QED) is 0.161. The van der Waals surface area contributed by atoms with E-state index in [4.69, 9.17) is 19.3 Å². The lowest BCUT2D eigenvalue weighted by Gasteiger charge is -2.42. The number of aryl methyl sites for hydroxylation is 1. The molecule has 2 aromatic carbocycles. The zero-order chi connectivity index (χ0) is 28.8. The Hall–Kier alpha value is -3.55. The maximum Gasteiger partial charge on any atom is 0.309 e. The van der Waals surface area contributed by atoms with Gasteiger partial charge in [0.2, 0.25) is 17.7 Å². The molecule has 1 fully saturated rings. The normalized spacial score (nSPS) is 22.2. The maximum atomic E-state index is 11.7. The number of hydrogen-bond acceptors (Lipinski definition) is 8. The van der Waals surface area contributed by atoms with Crippen molar-refractivity contribution < 1.29 is 65.8 Å². The number of carboxylic acid groups (broad SMARTS) is 1. The largest absolute Gasteiger partial charge is 1.00 e. The zero-order valence-electron chi connectivity index (χ0n) is 22.5. The first kappa shape index (κ1) is 32.0. The monoisotopic (exact) mass is 632 g/mol. The molecule has 1 aliphatic heterocycles. The molecule has 1 aliphatic rings. The van der Waals surface area contributed by atoms with Gasteiger partial charge in [-0.15, -0.1) is 0 Å². The molecule has 0 unspecified atom stereocenters. The van der Waals surface area contributed by atoms with E-state index in [0.29, 0.717) is 12.3 Å². The fourth-order valence-electron chi connectivity index (χ4n) is 4.63. The number of carbonyl (C=O) groups excluding carboxylic acids is 1. The number of aliphatic carboxylic acids is 1. The molecule has 0 spiro atoms. The van der Waals surface area contributed by atoms with Crippen LogP contribution in [0.25, 0.3) is 23.1 Å². The fourth-order valence-corrected chi connectivity index (χ4v) is 4.63. The van der Waals surface area contributed by atoms with Crippen molar-refractivity contribution in [3.8, 4) is 11.5 Å². The minimum Gasteiger partial charge on any atom is -1.00 e. The first-order valence-electron chi connectivity index (χ1n) is 12.8. The summed E-state index contributed by atoms with van der Waals surface area (Å²) in [6.07, 6.45) is 0.557. The Morgan fingerprint density at radius 3 is 2.51 bits per heavy atom. The second-order valence-electron chi connectivity index (χ2n) is 9.42. The molecular weight excluding hydrogens is 600 g/mol. The van der Waals surface area contributed by atoms with Crippen LogP contribution < -0.4 is 36.3 Å². The molecular formula is C29H33BrN2O9. The second-order valence-corrected chi connectivity index (χ2v) is 9.42. The summed E-state index contributed by atoms with van der Waals surface area (Å²) >= 11 is 0. The molecule has 0 aliphatic carbocycles. The van der Waals surface area contributed by atoms with Gasteiger partial charge in [-0.25, -0.2) is 0 Å². The second kappa shape index (κ2) is 14.4. The van der Waals surface area contributed by atoms with Crippen LogP contribution in [0.5, 0.6) is 11.5 Å². The lowest BCUT2D eigenvalue weighted by molar-refractivity contribution is -0.670. The van der Waals surface area contributed by atoms with Crippen LogP contribution in [-0.2, 0) is 20.9 Å². The van der Waals surface area contributed by atoms with Crippen molar-refractivity contribution in [1.29, 1.82) is 0 Å². The predicted octanol–water partition coefficient (Wildman–Crippen LogP) is -1.89. The van der Waals surface area contributed by atoms with Crippen molar-refractivity contribution in [2.45, 2.75) is 50.5 Å². The molecule has 1 saturated heterocycles. The number of aliphatic hydroxyl groups excluding tert-OH is 3. The number of pyridine rings is 1. The van der Waals surface area contributed by atoms with E-state index in [-0.39, 0.29) is 29.2 Å². The number of carbonyl (C=O) groups is 2. The average Bonchev–Trinajstić information content (AvgIpc) is 2.95. The number of aliphatic hydroxyl groups is 3. The van der Waals surface area contributed by atoms with E-state index in [1.54, 1.807) is 18.2 Å². The van der Waals surface area contributed by atoms with Crippen molar-refractivity contribution in [3.05, 3.63) is 65.9 Å². The fraction of sp³-hybridized carbons (Fsp3) is 0.345. The number of carboxylic acids is 1. The number of benzene rings is 2. The third-order valence-electron chi connectivity index (χ3n) is 6.66. The molecule has 0 saturated carbocycles. The molecule has 0 bridgehead atoms. The van der Waals surface area contributed by atoms with Crippen molar-refractivity contribution in [3.63, 3.8) is 0 Å². The van der Waals surface area contributed by atoms with Crippen LogP contribution in [0, 0.1) is 0 Å². The summed E-state index contributed by atoms with van der Waals surface area (Å²) in [5, 5.41) is 42.9. The summed E-state index contributed by atoms with van der Waals surface area (Å²) < 4.78 is 19.0. The molecule has 5 atom stereocenters. The Morgan fingerprint density at radius 2 is 1.83 bits per heavy atom. The molecule has 3 aromatic rings. The van der Waals surface area contributed by atoms with Crippen LogP contribution in [0.15, 0.2) is 54.7 Å². The Kier molecular flexibility index (Phi) is 11.2. The molecule has 11 nitrogen and oxygen atoms in total. The van der Waals surface area contributed by atoms with Crippen molar-refractivity contribution in [1.82, 2.24) is 5.32 Å². The summed E-state index contributed by atoms with van der Waals surface area (Å²) in [5.41, 5.74) is 2.65. The third-order valence-corrected chi connectivity index (χ3v) is 6.66. The van der Waals surface area contributed by atoms with Gasteiger partial charge >= 0.3 is 5.97 Å². The number of methoxy groups -OCH3 is 1. The number of rotatable bonds is 10. The van der Waals surface area contributed by atoms with E-state index < -0.39 is 49.1 Å². The zero-order valence-corrected chi connectivity index (χ0v) is 24.1. The van der Waals surface area contributed by atoms with Crippen LogP contribution in [0.2, 0.25) is 0 Å². The number of fused-ring (bicyclic) bond motifs is 1. The number of aromatic nitrogens is 1. The molecule has 2 heterocycles. The smallest absolute Gasteiger partial charge is 0.309 e. The number of para-hydroxylation sites is 1. The van der Waals surface area contributed by atoms with Crippen molar-refractivity contribution >= 4 is 34.9 Å². The molecule has 1 aromatic heterocycles. The number of halogens is 1. The Morgan fingerprint density at radius 1 is 1.07 bits per heavy atom. The SMILES string of the molecule is COc1cc(/C=C/c2cc[n+](CCC(=O)O)c3ccccc23)ccc1O[C@@H]1O[C@H](CO)[C@@H](O)[C@H](O)[C@H]1NC(C)=O.[Br-]. The number of hydrogen-bond donors (Lipinski definition) is 5. The highest BCUT2D eigenvalue weighted by Crippen LogP contribution is 2.33. The topological polar surface area (TPSA) is 159 Å². The molecule has 5 N–H and O–H groups in total.